The summed E-state index contributed by atoms with van der Waals surface area (Å²) in [6, 6.07) is 22.3. The number of esters is 1. The number of nitrogens with one attached hydrogen (secondary N) is 1. The van der Waals surface area contributed by atoms with Crippen molar-refractivity contribution in [2.45, 2.75) is 0 Å². The molecule has 0 aliphatic rings. The molecule has 32 heavy (non-hydrogen) atoms. The van der Waals surface area contributed by atoms with E-state index in [9.17, 15) is 9.59 Å². The molecule has 0 bridgehead atoms. The summed E-state index contributed by atoms with van der Waals surface area (Å²) in [5, 5.41) is 7.32. The summed E-state index contributed by atoms with van der Waals surface area (Å²) in [4.78, 5) is 28.3. The van der Waals surface area contributed by atoms with E-state index in [0.717, 1.165) is 11.3 Å². The van der Waals surface area contributed by atoms with E-state index in [1.807, 2.05) is 54.7 Å². The molecule has 1 N–H and O–H groups in total. The second-order valence-electron chi connectivity index (χ2n) is 6.81. The van der Waals surface area contributed by atoms with Crippen LogP contribution in [-0.2, 0) is 14.3 Å². The van der Waals surface area contributed by atoms with Crippen LogP contribution in [0, 0.1) is 0 Å². The van der Waals surface area contributed by atoms with Crippen LogP contribution in [0.5, 0.6) is 0 Å². The average Bonchev–Trinajstić information content (AvgIpc) is 3.27. The smallest absolute Gasteiger partial charge is 0.331 e. The lowest BCUT2D eigenvalue weighted by Crippen LogP contribution is -2.20. The van der Waals surface area contributed by atoms with Crippen molar-refractivity contribution in [2.75, 3.05) is 11.9 Å². The number of benzene rings is 2. The van der Waals surface area contributed by atoms with Gasteiger partial charge in [-0.05, 0) is 42.5 Å². The first-order valence-electron chi connectivity index (χ1n) is 9.94. The quantitative estimate of drug-likeness (QED) is 0.356. The zero-order chi connectivity index (χ0) is 22.2. The maximum absolute atomic E-state index is 12.2. The van der Waals surface area contributed by atoms with Crippen LogP contribution in [-0.4, -0.2) is 33.2 Å². The van der Waals surface area contributed by atoms with Crippen LogP contribution in [0.3, 0.4) is 0 Å². The molecule has 0 atom stereocenters. The van der Waals surface area contributed by atoms with Crippen molar-refractivity contribution in [1.29, 1.82) is 0 Å². The number of aromatic nitrogens is 3. The highest BCUT2D eigenvalue weighted by Gasteiger charge is 2.12. The van der Waals surface area contributed by atoms with Crippen LogP contribution >= 0.6 is 0 Å². The molecule has 2 heterocycles. The molecule has 7 nitrogen and oxygen atoms in total. The first kappa shape index (κ1) is 20.7. The maximum atomic E-state index is 12.2. The van der Waals surface area contributed by atoms with Gasteiger partial charge in [0.25, 0.3) is 5.91 Å². The lowest BCUT2D eigenvalue weighted by atomic mass is 10.1. The maximum Gasteiger partial charge on any atom is 0.331 e. The molecule has 0 saturated heterocycles. The Morgan fingerprint density at radius 1 is 0.969 bits per heavy atom. The number of carbonyl (C=O) groups is 2. The molecular formula is C25H20N4O3. The van der Waals surface area contributed by atoms with Crippen molar-refractivity contribution in [3.8, 4) is 16.9 Å². The number of anilines is 1. The van der Waals surface area contributed by atoms with E-state index in [4.69, 9.17) is 4.74 Å². The van der Waals surface area contributed by atoms with Crippen LogP contribution in [0.2, 0.25) is 0 Å². The van der Waals surface area contributed by atoms with Crippen molar-refractivity contribution < 1.29 is 14.3 Å². The number of pyridine rings is 1. The number of ether oxygens (including phenoxy) is 1. The van der Waals surface area contributed by atoms with E-state index in [-0.39, 0.29) is 6.61 Å². The summed E-state index contributed by atoms with van der Waals surface area (Å²) >= 11 is 0. The number of amides is 1. The third kappa shape index (κ3) is 5.34. The van der Waals surface area contributed by atoms with E-state index in [0.29, 0.717) is 16.9 Å². The molecule has 0 unspecified atom stereocenters. The van der Waals surface area contributed by atoms with Gasteiger partial charge in [-0.3, -0.25) is 9.78 Å². The van der Waals surface area contributed by atoms with Crippen molar-refractivity contribution in [3.63, 3.8) is 0 Å². The number of carbonyl (C=O) groups excluding carboxylic acids is 2. The minimum absolute atomic E-state index is 0.378. The topological polar surface area (TPSA) is 86.1 Å². The largest absolute Gasteiger partial charge is 0.452 e. The first-order valence-corrected chi connectivity index (χ1v) is 9.94. The molecule has 4 rings (SSSR count). The number of para-hydroxylation sites is 2. The van der Waals surface area contributed by atoms with Gasteiger partial charge < -0.3 is 10.1 Å². The highest BCUT2D eigenvalue weighted by Crippen LogP contribution is 2.24. The normalized spacial score (nSPS) is 10.8. The minimum atomic E-state index is -0.627. The summed E-state index contributed by atoms with van der Waals surface area (Å²) in [5.74, 6) is -1.04. The minimum Gasteiger partial charge on any atom is -0.452 e. The molecule has 158 valence electrons. The molecule has 0 radical (unpaired) electrons. The van der Waals surface area contributed by atoms with Crippen LogP contribution in [0.1, 0.15) is 5.56 Å². The number of hydrogen-bond donors (Lipinski definition) is 1. The van der Waals surface area contributed by atoms with Gasteiger partial charge in [-0.15, -0.1) is 0 Å². The zero-order valence-electron chi connectivity index (χ0n) is 17.1. The standard InChI is InChI=1S/C25H20N4O3/c30-23(27-21-9-3-1-4-10-21)18-32-24(31)14-13-20-17-29(22-11-5-2-6-12-22)28-25(20)19-8-7-15-26-16-19/h1-17H,18H2,(H,27,30). The Morgan fingerprint density at radius 2 is 1.72 bits per heavy atom. The molecule has 0 spiro atoms. The molecule has 2 aromatic heterocycles. The lowest BCUT2D eigenvalue weighted by molar-refractivity contribution is -0.142. The Hall–Kier alpha value is -4.52. The fourth-order valence-electron chi connectivity index (χ4n) is 3.01. The molecule has 0 aliphatic heterocycles. The molecule has 0 aliphatic carbocycles. The van der Waals surface area contributed by atoms with E-state index in [1.165, 1.54) is 6.08 Å². The summed E-state index contributed by atoms with van der Waals surface area (Å²) in [7, 11) is 0. The molecule has 4 aromatic rings. The molecule has 7 heteroatoms. The van der Waals surface area contributed by atoms with Gasteiger partial charge in [0.15, 0.2) is 6.61 Å². The highest BCUT2D eigenvalue weighted by atomic mass is 16.5. The molecule has 0 saturated carbocycles. The van der Waals surface area contributed by atoms with Crippen molar-refractivity contribution in [1.82, 2.24) is 14.8 Å². The van der Waals surface area contributed by atoms with Gasteiger partial charge in [-0.25, -0.2) is 9.48 Å². The van der Waals surface area contributed by atoms with Gasteiger partial charge in [0.1, 0.15) is 5.69 Å². The van der Waals surface area contributed by atoms with Gasteiger partial charge >= 0.3 is 5.97 Å². The highest BCUT2D eigenvalue weighted by molar-refractivity contribution is 5.95. The fourth-order valence-corrected chi connectivity index (χ4v) is 3.01. The Balaban J connectivity index is 1.47. The number of nitrogens with zero attached hydrogens (tertiary/aromatic N) is 3. The predicted octanol–water partition coefficient (Wildman–Crippen LogP) is 4.13. The van der Waals surface area contributed by atoms with Crippen molar-refractivity contribution in [2.24, 2.45) is 0 Å². The lowest BCUT2D eigenvalue weighted by Gasteiger charge is -2.04. The SMILES string of the molecule is O=C(COC(=O)C=Cc1cn(-c2ccccc2)nc1-c1cccnc1)Nc1ccccc1. The Labute approximate surface area is 185 Å². The van der Waals surface area contributed by atoms with Crippen LogP contribution in [0.4, 0.5) is 5.69 Å². The molecule has 1 amide bonds. The van der Waals surface area contributed by atoms with Gasteiger partial charge in [-0.1, -0.05) is 36.4 Å². The van der Waals surface area contributed by atoms with Crippen molar-refractivity contribution in [3.05, 3.63) is 103 Å². The molecule has 2 aromatic carbocycles. The van der Waals surface area contributed by atoms with Crippen LogP contribution < -0.4 is 5.32 Å². The summed E-state index contributed by atoms with van der Waals surface area (Å²) < 4.78 is 6.79. The van der Waals surface area contributed by atoms with Gasteiger partial charge in [0.05, 0.1) is 5.69 Å². The van der Waals surface area contributed by atoms with E-state index >= 15 is 0 Å². The Morgan fingerprint density at radius 3 is 2.44 bits per heavy atom. The number of hydrogen-bond acceptors (Lipinski definition) is 5. The van der Waals surface area contributed by atoms with Gasteiger partial charge in [0.2, 0.25) is 0 Å². The molecule has 0 fully saturated rings. The van der Waals surface area contributed by atoms with Crippen LogP contribution in [0.25, 0.3) is 23.0 Å². The van der Waals surface area contributed by atoms with Crippen LogP contribution in [0.15, 0.2) is 97.5 Å². The average molecular weight is 424 g/mol. The van der Waals surface area contributed by atoms with Gasteiger partial charge in [-0.2, -0.15) is 5.10 Å². The second kappa shape index (κ2) is 9.99. The number of rotatable bonds is 7. The first-order chi connectivity index (χ1) is 15.7. The second-order valence-corrected chi connectivity index (χ2v) is 6.81. The third-order valence-corrected chi connectivity index (χ3v) is 4.50. The van der Waals surface area contributed by atoms with Gasteiger partial charge in [0, 0.05) is 41.5 Å². The van der Waals surface area contributed by atoms with E-state index in [1.54, 1.807) is 47.4 Å². The van der Waals surface area contributed by atoms with E-state index < -0.39 is 11.9 Å². The predicted molar refractivity (Wildman–Crippen MR) is 122 cm³/mol. The third-order valence-electron chi connectivity index (χ3n) is 4.50. The summed E-state index contributed by atoms with van der Waals surface area (Å²) in [5.41, 5.74) is 3.73. The zero-order valence-corrected chi connectivity index (χ0v) is 17.1. The van der Waals surface area contributed by atoms with E-state index in [2.05, 4.69) is 15.4 Å². The monoisotopic (exact) mass is 424 g/mol. The Bertz CT molecular complexity index is 1220. The fraction of sp³-hybridized carbons (Fsp3) is 0.0400. The van der Waals surface area contributed by atoms with Crippen molar-refractivity contribution >= 4 is 23.6 Å². The summed E-state index contributed by atoms with van der Waals surface area (Å²) in [6.45, 7) is -0.378. The Kier molecular flexibility index (Phi) is 6.48. The molecular weight excluding hydrogens is 404 g/mol. The summed E-state index contributed by atoms with van der Waals surface area (Å²) in [6.07, 6.45) is 8.12.